The number of rotatable bonds is 2. The molecule has 0 aliphatic carbocycles. The summed E-state index contributed by atoms with van der Waals surface area (Å²) in [5.74, 6) is -1.20. The molecule has 0 saturated carbocycles. The van der Waals surface area contributed by atoms with E-state index < -0.39 is 23.5 Å². The Kier molecular flexibility index (Phi) is 3.00. The number of nitrogens with zero attached hydrogens (tertiary/aromatic N) is 1. The first kappa shape index (κ1) is 11.1. The maximum Gasteiger partial charge on any atom is 0.267 e. The van der Waals surface area contributed by atoms with Gasteiger partial charge in [0.15, 0.2) is 5.78 Å². The molecule has 0 atom stereocenters. The summed E-state index contributed by atoms with van der Waals surface area (Å²) in [4.78, 5) is 11.0. The van der Waals surface area contributed by atoms with Gasteiger partial charge in [0.05, 0.1) is 11.1 Å². The van der Waals surface area contributed by atoms with Crippen LogP contribution in [0.4, 0.5) is 8.78 Å². The highest BCUT2D eigenvalue weighted by atomic mass is 19.3. The predicted octanol–water partition coefficient (Wildman–Crippen LogP) is 2.40. The lowest BCUT2D eigenvalue weighted by molar-refractivity contribution is 0.101. The van der Waals surface area contributed by atoms with Crippen LogP contribution in [0.5, 0.6) is 5.75 Å². The molecule has 0 aromatic heterocycles. The summed E-state index contributed by atoms with van der Waals surface area (Å²) in [5.41, 5.74) is -1.03. The van der Waals surface area contributed by atoms with Crippen LogP contribution >= 0.6 is 0 Å². The van der Waals surface area contributed by atoms with Crippen LogP contribution in [0.25, 0.3) is 0 Å². The SMILES string of the molecule is CC(=O)c1cc(C#N)c(O)c(C(F)F)c1. The van der Waals surface area contributed by atoms with Crippen molar-refractivity contribution in [3.63, 3.8) is 0 Å². The molecule has 0 aliphatic heterocycles. The molecule has 78 valence electrons. The van der Waals surface area contributed by atoms with E-state index in [1.54, 1.807) is 6.07 Å². The summed E-state index contributed by atoms with van der Waals surface area (Å²) >= 11 is 0. The zero-order valence-corrected chi connectivity index (χ0v) is 7.79. The fourth-order valence-corrected chi connectivity index (χ4v) is 1.11. The van der Waals surface area contributed by atoms with Crippen LogP contribution in [0.1, 0.15) is 34.8 Å². The first-order valence-electron chi connectivity index (χ1n) is 4.03. The number of carbonyl (C=O) groups is 1. The van der Waals surface area contributed by atoms with Crippen molar-refractivity contribution in [3.05, 3.63) is 28.8 Å². The van der Waals surface area contributed by atoms with Gasteiger partial charge in [-0.2, -0.15) is 5.26 Å². The van der Waals surface area contributed by atoms with Crippen molar-refractivity contribution >= 4 is 5.78 Å². The molecule has 1 aromatic rings. The van der Waals surface area contributed by atoms with E-state index in [9.17, 15) is 18.7 Å². The number of phenols is 1. The largest absolute Gasteiger partial charge is 0.506 e. The minimum absolute atomic E-state index is 0.0142. The molecule has 5 heteroatoms. The Morgan fingerprint density at radius 1 is 1.53 bits per heavy atom. The molecule has 0 bridgehead atoms. The molecule has 0 radical (unpaired) electrons. The zero-order chi connectivity index (χ0) is 11.6. The van der Waals surface area contributed by atoms with Gasteiger partial charge < -0.3 is 5.11 Å². The van der Waals surface area contributed by atoms with E-state index in [0.29, 0.717) is 0 Å². The van der Waals surface area contributed by atoms with Gasteiger partial charge in [0.2, 0.25) is 0 Å². The molecule has 0 unspecified atom stereocenters. The molecule has 0 fully saturated rings. The highest BCUT2D eigenvalue weighted by Crippen LogP contribution is 2.32. The van der Waals surface area contributed by atoms with Crippen LogP contribution in [0, 0.1) is 11.3 Å². The van der Waals surface area contributed by atoms with Crippen LogP contribution in [-0.4, -0.2) is 10.9 Å². The first-order chi connectivity index (χ1) is 6.97. The summed E-state index contributed by atoms with van der Waals surface area (Å²) in [6.45, 7) is 1.20. The van der Waals surface area contributed by atoms with E-state index in [2.05, 4.69) is 0 Å². The average molecular weight is 211 g/mol. The minimum Gasteiger partial charge on any atom is -0.506 e. The third-order valence-corrected chi connectivity index (χ3v) is 1.90. The van der Waals surface area contributed by atoms with E-state index in [-0.39, 0.29) is 11.1 Å². The number of benzene rings is 1. The van der Waals surface area contributed by atoms with Crippen molar-refractivity contribution < 1.29 is 18.7 Å². The number of ketones is 1. The minimum atomic E-state index is -2.92. The van der Waals surface area contributed by atoms with Crippen molar-refractivity contribution in [1.29, 1.82) is 5.26 Å². The number of carbonyl (C=O) groups excluding carboxylic acids is 1. The Balaban J connectivity index is 3.47. The smallest absolute Gasteiger partial charge is 0.267 e. The van der Waals surface area contributed by atoms with Gasteiger partial charge in [-0.15, -0.1) is 0 Å². The molecule has 1 aromatic carbocycles. The van der Waals surface area contributed by atoms with Crippen molar-refractivity contribution in [2.45, 2.75) is 13.3 Å². The predicted molar refractivity (Wildman–Crippen MR) is 47.8 cm³/mol. The van der Waals surface area contributed by atoms with Gasteiger partial charge in [-0.3, -0.25) is 4.79 Å². The molecule has 1 N–H and O–H groups in total. The van der Waals surface area contributed by atoms with Gasteiger partial charge in [-0.1, -0.05) is 0 Å². The topological polar surface area (TPSA) is 61.1 Å². The molecular weight excluding hydrogens is 204 g/mol. The standard InChI is InChI=1S/C10H7F2NO2/c1-5(14)6-2-7(4-13)9(15)8(3-6)10(11)12/h2-3,10,15H,1H3. The Morgan fingerprint density at radius 2 is 2.13 bits per heavy atom. The van der Waals surface area contributed by atoms with Crippen molar-refractivity contribution in [2.24, 2.45) is 0 Å². The monoisotopic (exact) mass is 211 g/mol. The highest BCUT2D eigenvalue weighted by Gasteiger charge is 2.18. The fraction of sp³-hybridized carbons (Fsp3) is 0.200. The summed E-state index contributed by atoms with van der Waals surface area (Å²) in [6, 6.07) is 3.53. The van der Waals surface area contributed by atoms with Crippen LogP contribution in [0.2, 0.25) is 0 Å². The molecule has 0 heterocycles. The number of alkyl halides is 2. The molecule has 1 rings (SSSR count). The third kappa shape index (κ3) is 2.10. The zero-order valence-electron chi connectivity index (χ0n) is 7.79. The van der Waals surface area contributed by atoms with Crippen LogP contribution in [0.3, 0.4) is 0 Å². The van der Waals surface area contributed by atoms with Gasteiger partial charge in [-0.05, 0) is 19.1 Å². The van der Waals surface area contributed by atoms with Crippen molar-refractivity contribution in [1.82, 2.24) is 0 Å². The maximum atomic E-state index is 12.4. The number of hydrogen-bond acceptors (Lipinski definition) is 3. The molecule has 0 saturated heterocycles. The van der Waals surface area contributed by atoms with E-state index in [4.69, 9.17) is 5.26 Å². The number of aromatic hydroxyl groups is 1. The molecule has 0 amide bonds. The Hall–Kier alpha value is -1.96. The number of phenolic OH excluding ortho intramolecular Hbond substituents is 1. The molecular formula is C10H7F2NO2. The Morgan fingerprint density at radius 3 is 2.53 bits per heavy atom. The number of nitriles is 1. The van der Waals surface area contributed by atoms with Gasteiger partial charge in [-0.25, -0.2) is 8.78 Å². The van der Waals surface area contributed by atoms with Gasteiger partial charge in [0.25, 0.3) is 6.43 Å². The second-order valence-electron chi connectivity index (χ2n) is 2.93. The second-order valence-corrected chi connectivity index (χ2v) is 2.93. The fourth-order valence-electron chi connectivity index (χ4n) is 1.11. The van der Waals surface area contributed by atoms with Crippen LogP contribution in [-0.2, 0) is 0 Å². The summed E-state index contributed by atoms with van der Waals surface area (Å²) in [7, 11) is 0. The first-order valence-corrected chi connectivity index (χ1v) is 4.03. The Bertz CT molecular complexity index is 449. The third-order valence-electron chi connectivity index (χ3n) is 1.90. The van der Waals surface area contributed by atoms with Gasteiger partial charge >= 0.3 is 0 Å². The summed E-state index contributed by atoms with van der Waals surface area (Å²) < 4.78 is 24.8. The van der Waals surface area contributed by atoms with E-state index in [0.717, 1.165) is 12.1 Å². The van der Waals surface area contributed by atoms with Crippen LogP contribution in [0.15, 0.2) is 12.1 Å². The Labute approximate surface area is 84.6 Å². The average Bonchev–Trinajstić information content (AvgIpc) is 2.17. The van der Waals surface area contributed by atoms with E-state index in [1.807, 2.05) is 0 Å². The van der Waals surface area contributed by atoms with Gasteiger partial charge in [0.1, 0.15) is 11.8 Å². The number of hydrogen-bond donors (Lipinski definition) is 1. The van der Waals surface area contributed by atoms with E-state index >= 15 is 0 Å². The lowest BCUT2D eigenvalue weighted by atomic mass is 10.0. The van der Waals surface area contributed by atoms with E-state index in [1.165, 1.54) is 6.92 Å². The number of Topliss-reactive ketones (excluding diaryl/α,β-unsaturated/α-hetero) is 1. The molecule has 0 aliphatic rings. The lowest BCUT2D eigenvalue weighted by Gasteiger charge is -2.06. The lowest BCUT2D eigenvalue weighted by Crippen LogP contribution is -1.97. The molecule has 15 heavy (non-hydrogen) atoms. The summed E-state index contributed by atoms with van der Waals surface area (Å²) in [6.07, 6.45) is -2.92. The second kappa shape index (κ2) is 4.05. The summed E-state index contributed by atoms with van der Waals surface area (Å²) in [5, 5.41) is 17.8. The molecule has 0 spiro atoms. The number of halogens is 2. The molecule has 3 nitrogen and oxygen atoms in total. The van der Waals surface area contributed by atoms with Gasteiger partial charge in [0, 0.05) is 5.56 Å². The highest BCUT2D eigenvalue weighted by molar-refractivity contribution is 5.95. The van der Waals surface area contributed by atoms with Crippen LogP contribution < -0.4 is 0 Å². The maximum absolute atomic E-state index is 12.4. The van der Waals surface area contributed by atoms with Crippen molar-refractivity contribution in [3.8, 4) is 11.8 Å². The normalized spacial score (nSPS) is 10.1. The quantitative estimate of drug-likeness (QED) is 0.764. The van der Waals surface area contributed by atoms with Crippen molar-refractivity contribution in [2.75, 3.05) is 0 Å².